The van der Waals surface area contributed by atoms with Crippen LogP contribution in [0.15, 0.2) is 24.4 Å². The van der Waals surface area contributed by atoms with Crippen LogP contribution < -0.4 is 5.32 Å². The van der Waals surface area contributed by atoms with E-state index in [0.29, 0.717) is 0 Å². The number of hydrogen-bond donors (Lipinski definition) is 1. The first-order chi connectivity index (χ1) is 5.09. The molecule has 0 aromatic rings. The van der Waals surface area contributed by atoms with Gasteiger partial charge in [0, 0.05) is 19.2 Å². The molecule has 0 amide bonds. The van der Waals surface area contributed by atoms with Crippen LogP contribution >= 0.6 is 0 Å². The number of nitrogens with one attached hydrogen (secondary N) is 1. The minimum absolute atomic E-state index is 0.847. The van der Waals surface area contributed by atoms with Gasteiger partial charge in [-0.2, -0.15) is 0 Å². The molecule has 0 aliphatic carbocycles. The van der Waals surface area contributed by atoms with Crippen LogP contribution in [0.4, 0.5) is 0 Å². The quantitative estimate of drug-likeness (QED) is 0.472. The van der Waals surface area contributed by atoms with Gasteiger partial charge in [0.05, 0.1) is 0 Å². The number of likely N-dealkylation sites (N-methyl/N-ethyl adjacent to an activating group) is 1. The van der Waals surface area contributed by atoms with E-state index in [1.54, 1.807) is 0 Å². The normalized spacial score (nSPS) is 6.73. The first-order valence-corrected chi connectivity index (χ1v) is 3.56. The molecule has 1 nitrogen and oxygen atoms in total. The summed E-state index contributed by atoms with van der Waals surface area (Å²) in [6, 6.07) is 0. The van der Waals surface area contributed by atoms with Crippen molar-refractivity contribution in [1.29, 1.82) is 0 Å². The standard InChI is InChI=1S/C6H11N.C4H6/c1-5(2)6(3)7-4;1-3-4-2/h7H,1,3H2,2,4H3;1H,4H2,2H3. The van der Waals surface area contributed by atoms with E-state index >= 15 is 0 Å². The van der Waals surface area contributed by atoms with Gasteiger partial charge >= 0.3 is 0 Å². The highest BCUT2D eigenvalue weighted by atomic mass is 14.8. The predicted molar refractivity (Wildman–Crippen MR) is 52.1 cm³/mol. The smallest absolute Gasteiger partial charge is 0.0288 e. The minimum Gasteiger partial charge on any atom is -0.388 e. The third kappa shape index (κ3) is 12.1. The Kier molecular flexibility index (Phi) is 10.1. The highest BCUT2D eigenvalue weighted by Gasteiger charge is 1.83. The molecule has 0 radical (unpaired) electrons. The van der Waals surface area contributed by atoms with Gasteiger partial charge in [-0.05, 0) is 12.5 Å². The first-order valence-electron chi connectivity index (χ1n) is 3.56. The van der Waals surface area contributed by atoms with Gasteiger partial charge in [0.15, 0.2) is 0 Å². The molecule has 0 heterocycles. The fraction of sp³-hybridized carbons (Fsp3) is 0.400. The SMILES string of the molecule is C#CCC.C=C(C)C(=C)NC. The summed E-state index contributed by atoms with van der Waals surface area (Å²) in [6.45, 7) is 11.2. The molecular formula is C10H17N. The van der Waals surface area contributed by atoms with Crippen molar-refractivity contribution in [2.24, 2.45) is 0 Å². The maximum absolute atomic E-state index is 4.78. The second kappa shape index (κ2) is 8.84. The molecule has 0 aliphatic rings. The first kappa shape index (κ1) is 12.5. The summed E-state index contributed by atoms with van der Waals surface area (Å²) in [5.74, 6) is 2.43. The lowest BCUT2D eigenvalue weighted by molar-refractivity contribution is 1.01. The van der Waals surface area contributed by atoms with Crippen molar-refractivity contribution in [1.82, 2.24) is 5.32 Å². The van der Waals surface area contributed by atoms with Gasteiger partial charge < -0.3 is 5.32 Å². The van der Waals surface area contributed by atoms with Crippen molar-refractivity contribution in [2.45, 2.75) is 20.3 Å². The summed E-state index contributed by atoms with van der Waals surface area (Å²) in [5.41, 5.74) is 1.89. The molecule has 1 N–H and O–H groups in total. The summed E-state index contributed by atoms with van der Waals surface area (Å²) in [7, 11) is 1.83. The Balaban J connectivity index is 0. The minimum atomic E-state index is 0.847. The maximum Gasteiger partial charge on any atom is 0.0288 e. The van der Waals surface area contributed by atoms with E-state index in [4.69, 9.17) is 6.42 Å². The highest BCUT2D eigenvalue weighted by molar-refractivity contribution is 5.19. The second-order valence-corrected chi connectivity index (χ2v) is 2.07. The van der Waals surface area contributed by atoms with E-state index in [0.717, 1.165) is 17.7 Å². The Morgan fingerprint density at radius 2 is 1.91 bits per heavy atom. The van der Waals surface area contributed by atoms with E-state index < -0.39 is 0 Å². The lowest BCUT2D eigenvalue weighted by Gasteiger charge is -1.99. The van der Waals surface area contributed by atoms with Gasteiger partial charge in [-0.15, -0.1) is 12.3 Å². The van der Waals surface area contributed by atoms with E-state index in [2.05, 4.69) is 24.4 Å². The fourth-order valence-electron chi connectivity index (χ4n) is 0.213. The molecule has 0 fully saturated rings. The van der Waals surface area contributed by atoms with Gasteiger partial charge in [-0.1, -0.05) is 20.1 Å². The molecule has 0 aromatic carbocycles. The van der Waals surface area contributed by atoms with E-state index in [1.165, 1.54) is 0 Å². The molecule has 0 rings (SSSR count). The Bertz CT molecular complexity index is 160. The fourth-order valence-corrected chi connectivity index (χ4v) is 0.213. The Labute approximate surface area is 70.2 Å². The van der Waals surface area contributed by atoms with Crippen LogP contribution in [0.25, 0.3) is 0 Å². The van der Waals surface area contributed by atoms with Gasteiger partial charge in [-0.3, -0.25) is 0 Å². The number of hydrogen-bond acceptors (Lipinski definition) is 1. The molecule has 0 saturated carbocycles. The highest BCUT2D eigenvalue weighted by Crippen LogP contribution is 1.95. The van der Waals surface area contributed by atoms with Crippen molar-refractivity contribution in [2.75, 3.05) is 7.05 Å². The van der Waals surface area contributed by atoms with Crippen LogP contribution in [0.3, 0.4) is 0 Å². The van der Waals surface area contributed by atoms with Gasteiger partial charge in [0.2, 0.25) is 0 Å². The third-order valence-corrected chi connectivity index (χ3v) is 1.02. The van der Waals surface area contributed by atoms with E-state index in [1.807, 2.05) is 20.9 Å². The average molecular weight is 151 g/mol. The van der Waals surface area contributed by atoms with Crippen LogP contribution in [-0.2, 0) is 0 Å². The number of rotatable bonds is 2. The Morgan fingerprint density at radius 3 is 1.91 bits per heavy atom. The van der Waals surface area contributed by atoms with Crippen LogP contribution in [0.1, 0.15) is 20.3 Å². The molecule has 0 aliphatic heterocycles. The number of allylic oxidation sites excluding steroid dienone is 1. The Morgan fingerprint density at radius 1 is 1.55 bits per heavy atom. The average Bonchev–Trinajstić information content (AvgIpc) is 2.03. The molecule has 0 unspecified atom stereocenters. The number of terminal acetylenes is 1. The van der Waals surface area contributed by atoms with Gasteiger partial charge in [0.1, 0.15) is 0 Å². The largest absolute Gasteiger partial charge is 0.388 e. The van der Waals surface area contributed by atoms with Crippen molar-refractivity contribution < 1.29 is 0 Å². The zero-order chi connectivity index (χ0) is 9.28. The van der Waals surface area contributed by atoms with Gasteiger partial charge in [-0.25, -0.2) is 0 Å². The molecular weight excluding hydrogens is 134 g/mol. The van der Waals surface area contributed by atoms with Gasteiger partial charge in [0.25, 0.3) is 0 Å². The van der Waals surface area contributed by atoms with Crippen LogP contribution in [0, 0.1) is 12.3 Å². The predicted octanol–water partition coefficient (Wildman–Crippen LogP) is 2.33. The lowest BCUT2D eigenvalue weighted by Crippen LogP contribution is -2.03. The van der Waals surface area contributed by atoms with Crippen LogP contribution in [-0.4, -0.2) is 7.05 Å². The van der Waals surface area contributed by atoms with E-state index in [-0.39, 0.29) is 0 Å². The molecule has 1 heteroatoms. The molecule has 0 saturated heterocycles. The molecule has 0 spiro atoms. The molecule has 0 bridgehead atoms. The van der Waals surface area contributed by atoms with Crippen molar-refractivity contribution in [3.05, 3.63) is 24.4 Å². The second-order valence-electron chi connectivity index (χ2n) is 2.07. The molecule has 0 aromatic heterocycles. The summed E-state index contributed by atoms with van der Waals surface area (Å²) < 4.78 is 0. The van der Waals surface area contributed by atoms with E-state index in [9.17, 15) is 0 Å². The zero-order valence-corrected chi connectivity index (χ0v) is 7.70. The monoisotopic (exact) mass is 151 g/mol. The Hall–Kier alpha value is -1.16. The van der Waals surface area contributed by atoms with Crippen LogP contribution in [0.5, 0.6) is 0 Å². The van der Waals surface area contributed by atoms with Crippen LogP contribution in [0.2, 0.25) is 0 Å². The van der Waals surface area contributed by atoms with Crippen molar-refractivity contribution >= 4 is 0 Å². The lowest BCUT2D eigenvalue weighted by atomic mass is 10.3. The molecule has 62 valence electrons. The summed E-state index contributed by atoms with van der Waals surface area (Å²) in [5, 5.41) is 2.87. The molecule has 0 atom stereocenters. The van der Waals surface area contributed by atoms with Crippen molar-refractivity contribution in [3.63, 3.8) is 0 Å². The summed E-state index contributed by atoms with van der Waals surface area (Å²) >= 11 is 0. The van der Waals surface area contributed by atoms with Crippen molar-refractivity contribution in [3.8, 4) is 12.3 Å². The topological polar surface area (TPSA) is 12.0 Å². The zero-order valence-electron chi connectivity index (χ0n) is 7.70. The molecule has 11 heavy (non-hydrogen) atoms. The maximum atomic E-state index is 4.78. The summed E-state index contributed by atoms with van der Waals surface area (Å²) in [4.78, 5) is 0. The summed E-state index contributed by atoms with van der Waals surface area (Å²) in [6.07, 6.45) is 5.62. The third-order valence-electron chi connectivity index (χ3n) is 1.02.